The summed E-state index contributed by atoms with van der Waals surface area (Å²) in [5, 5.41) is 37.6. The van der Waals surface area contributed by atoms with Gasteiger partial charge in [0.2, 0.25) is 0 Å². The van der Waals surface area contributed by atoms with E-state index in [0.717, 1.165) is 82.5 Å². The number of benzene rings is 8. The number of ether oxygens (including phenoxy) is 4. The van der Waals surface area contributed by atoms with E-state index in [2.05, 4.69) is 114 Å². The van der Waals surface area contributed by atoms with Crippen LogP contribution in [-0.4, -0.2) is 73.4 Å². The monoisotopic (exact) mass is 1470 g/mol. The standard InChI is InChI=1S/C17H13NO.C16H11NO.C10H8BrNO2.C10H9NO2.C9H9BrO2.C8H7BrO2.C3H6O2.C2H3N/c1-10-6-7-12-11(8-10)9-15-13-4-2-3-5-14(13)17(19)18-16(12)15;18-16-13-8-4-3-7-12(13)14-9-10-5-1-2-6-11(10)15(14)17-16;1-14-10(13)7-2-3-8(6-12)9(4-7)5-11;1-7-5-8(10(12)13-2)3-4-9(7)6-11;1-6-5-7(9(11)12-2)3-4-8(6)10;1-5-4-6(8(10)11)2-3-7(5)9;1-3(4)5-2;1-2-3/h2-8H,9H2,1H3,(H,18,19);1-8H,9H2,(H,17,18);2-4H,5H2,1H3;3-5H,1-2H3;3-5H,1-2H3;2-4H,1H3,(H,10,11);1-2H3;1H3. The zero-order chi connectivity index (χ0) is 70.1. The van der Waals surface area contributed by atoms with E-state index in [-0.39, 0.29) is 29.0 Å². The molecule has 484 valence electrons. The number of nitrogens with one attached hydrogen (secondary N) is 2. The fraction of sp³-hybridized carbons (Fsp3) is 0.173. The van der Waals surface area contributed by atoms with Crippen molar-refractivity contribution in [1.29, 1.82) is 15.8 Å². The number of aromatic amines is 2. The number of fused-ring (bicyclic) bond motifs is 10. The quantitative estimate of drug-likeness (QED) is 0.0820. The molecule has 2 aromatic heterocycles. The Morgan fingerprint density at radius 1 is 0.495 bits per heavy atom. The maximum Gasteiger partial charge on any atom is 0.337 e. The van der Waals surface area contributed by atoms with Crippen molar-refractivity contribution in [3.05, 3.63) is 277 Å². The van der Waals surface area contributed by atoms with E-state index in [1.807, 2.05) is 92.7 Å². The molecule has 0 unspecified atom stereocenters. The zero-order valence-corrected chi connectivity index (χ0v) is 58.4. The van der Waals surface area contributed by atoms with Crippen LogP contribution in [0.3, 0.4) is 0 Å². The summed E-state index contributed by atoms with van der Waals surface area (Å²) in [4.78, 5) is 83.6. The van der Waals surface area contributed by atoms with Crippen LogP contribution in [0.15, 0.2) is 182 Å². The molecular weight excluding hydrogens is 1400 g/mol. The molecule has 12 rings (SSSR count). The third-order valence-electron chi connectivity index (χ3n) is 14.5. The second kappa shape index (κ2) is 36.6. The number of aromatic carboxylic acids is 1. The molecule has 0 fully saturated rings. The maximum atomic E-state index is 12.2. The minimum atomic E-state index is -0.888. The van der Waals surface area contributed by atoms with E-state index in [1.54, 1.807) is 79.7 Å². The van der Waals surface area contributed by atoms with Crippen molar-refractivity contribution in [3.63, 3.8) is 0 Å². The summed E-state index contributed by atoms with van der Waals surface area (Å²) in [6.07, 6.45) is 1.81. The van der Waals surface area contributed by atoms with Gasteiger partial charge < -0.3 is 34.0 Å². The second-order valence-electron chi connectivity index (χ2n) is 20.8. The fourth-order valence-electron chi connectivity index (χ4n) is 9.67. The summed E-state index contributed by atoms with van der Waals surface area (Å²) in [7, 11) is 5.38. The molecule has 0 aliphatic heterocycles. The van der Waals surface area contributed by atoms with Crippen molar-refractivity contribution in [1.82, 2.24) is 9.97 Å². The molecule has 8 aromatic carbocycles. The van der Waals surface area contributed by atoms with Crippen molar-refractivity contribution in [2.24, 2.45) is 0 Å². The number of aryl methyl sites for hydroxylation is 4. The molecule has 3 N–H and O–H groups in total. The van der Waals surface area contributed by atoms with Crippen LogP contribution in [0.4, 0.5) is 0 Å². The van der Waals surface area contributed by atoms with Crippen LogP contribution < -0.4 is 11.1 Å². The number of carbonyl (C=O) groups excluding carboxylic acids is 4. The van der Waals surface area contributed by atoms with Crippen molar-refractivity contribution in [3.8, 4) is 40.7 Å². The number of nitriles is 3. The van der Waals surface area contributed by atoms with Crippen molar-refractivity contribution in [2.75, 3.05) is 28.4 Å². The summed E-state index contributed by atoms with van der Waals surface area (Å²) in [6, 6.07) is 56.1. The number of H-pyrrole nitrogens is 2. The van der Waals surface area contributed by atoms with Gasteiger partial charge in [0.05, 0.1) is 91.4 Å². The first-order valence-electron chi connectivity index (χ1n) is 28.9. The van der Waals surface area contributed by atoms with Gasteiger partial charge in [0.15, 0.2) is 0 Å². The Morgan fingerprint density at radius 3 is 1.32 bits per heavy atom. The number of rotatable bonds is 5. The van der Waals surface area contributed by atoms with Crippen LogP contribution in [0.1, 0.15) is 116 Å². The van der Waals surface area contributed by atoms with E-state index < -0.39 is 11.9 Å². The van der Waals surface area contributed by atoms with Gasteiger partial charge in [-0.25, -0.2) is 19.2 Å². The number of halogens is 3. The van der Waals surface area contributed by atoms with Crippen molar-refractivity contribution < 1.29 is 48.0 Å². The number of methoxy groups -OCH3 is 4. The molecule has 0 spiro atoms. The number of hydrogen-bond donors (Lipinski definition) is 3. The average molecular weight is 1470 g/mol. The molecule has 0 radical (unpaired) electrons. The zero-order valence-electron chi connectivity index (χ0n) is 53.6. The third kappa shape index (κ3) is 20.2. The number of nitrogens with zero attached hydrogens (tertiary/aromatic N) is 3. The molecule has 2 aliphatic carbocycles. The highest BCUT2D eigenvalue weighted by Crippen LogP contribution is 2.39. The van der Waals surface area contributed by atoms with Crippen LogP contribution in [-0.2, 0) is 41.9 Å². The van der Waals surface area contributed by atoms with E-state index in [4.69, 9.17) is 20.9 Å². The first kappa shape index (κ1) is 75.2. The number of aromatic nitrogens is 2. The Bertz CT molecular complexity index is 4750. The Balaban J connectivity index is 0.000000204. The summed E-state index contributed by atoms with van der Waals surface area (Å²) >= 11 is 9.88. The Kier molecular flexibility index (Phi) is 29.0. The van der Waals surface area contributed by atoms with Gasteiger partial charge in [-0.1, -0.05) is 132 Å². The van der Waals surface area contributed by atoms with Crippen molar-refractivity contribution >= 4 is 99.2 Å². The number of esters is 4. The number of carbonyl (C=O) groups is 5. The maximum absolute atomic E-state index is 12.2. The van der Waals surface area contributed by atoms with Crippen LogP contribution in [0.5, 0.6) is 0 Å². The lowest BCUT2D eigenvalue weighted by Gasteiger charge is -2.04. The molecule has 0 saturated heterocycles. The molecule has 0 saturated carbocycles. The highest BCUT2D eigenvalue weighted by atomic mass is 79.9. The molecule has 2 aliphatic rings. The van der Waals surface area contributed by atoms with Crippen LogP contribution in [0, 0.1) is 61.7 Å². The first-order chi connectivity index (χ1) is 45.4. The predicted octanol–water partition coefficient (Wildman–Crippen LogP) is 16.1. The summed E-state index contributed by atoms with van der Waals surface area (Å²) < 4.78 is 19.7. The lowest BCUT2D eigenvalue weighted by molar-refractivity contribution is -0.137. The van der Waals surface area contributed by atoms with Gasteiger partial charge in [-0.05, 0) is 168 Å². The topological polar surface area (TPSA) is 280 Å². The molecule has 0 bridgehead atoms. The van der Waals surface area contributed by atoms with Crippen molar-refractivity contribution in [2.45, 2.75) is 59.7 Å². The molecule has 0 amide bonds. The first-order valence-corrected chi connectivity index (χ1v) is 31.6. The van der Waals surface area contributed by atoms with Gasteiger partial charge >= 0.3 is 29.8 Å². The molecule has 95 heavy (non-hydrogen) atoms. The minimum Gasteiger partial charge on any atom is -0.478 e. The lowest BCUT2D eigenvalue weighted by atomic mass is 10.0. The van der Waals surface area contributed by atoms with E-state index in [9.17, 15) is 33.6 Å². The van der Waals surface area contributed by atoms with Crippen LogP contribution in [0.2, 0.25) is 0 Å². The summed E-state index contributed by atoms with van der Waals surface area (Å²) in [5.41, 5.74) is 17.2. The highest BCUT2D eigenvalue weighted by molar-refractivity contribution is 9.10. The average Bonchev–Trinajstić information content (AvgIpc) is 1.63. The smallest absolute Gasteiger partial charge is 0.337 e. The molecule has 10 aromatic rings. The van der Waals surface area contributed by atoms with Gasteiger partial charge in [-0.3, -0.25) is 14.4 Å². The van der Waals surface area contributed by atoms with Crippen LogP contribution in [0.25, 0.3) is 44.1 Å². The minimum absolute atomic E-state index is 0.000975. The van der Waals surface area contributed by atoms with Crippen LogP contribution >= 0.6 is 47.8 Å². The lowest BCUT2D eigenvalue weighted by Crippen LogP contribution is -2.08. The van der Waals surface area contributed by atoms with Gasteiger partial charge in [-0.2, -0.15) is 15.8 Å². The number of carboxylic acid groups (broad SMARTS) is 1. The predicted molar refractivity (Wildman–Crippen MR) is 378 cm³/mol. The molecule has 17 nitrogen and oxygen atoms in total. The van der Waals surface area contributed by atoms with E-state index in [0.29, 0.717) is 38.7 Å². The molecule has 2 heterocycles. The normalized spacial score (nSPS) is 10.2. The number of alkyl halides is 1. The second-order valence-corrected chi connectivity index (χ2v) is 23.0. The van der Waals surface area contributed by atoms with E-state index >= 15 is 0 Å². The third-order valence-corrected chi connectivity index (χ3v) is 16.8. The Morgan fingerprint density at radius 2 is 0.884 bits per heavy atom. The number of hydrogen-bond acceptors (Lipinski definition) is 14. The number of carboxylic acids is 1. The molecule has 20 heteroatoms. The van der Waals surface area contributed by atoms with E-state index in [1.165, 1.54) is 75.7 Å². The van der Waals surface area contributed by atoms with Gasteiger partial charge in [0.25, 0.3) is 11.1 Å². The fourth-order valence-corrected chi connectivity index (χ4v) is 10.6. The van der Waals surface area contributed by atoms with Gasteiger partial charge in [0, 0.05) is 62.9 Å². The SMILES string of the molecule is CC#N.COC(=O)c1ccc(Br)c(C)c1.COC(=O)c1ccc(C#N)c(C)c1.COC(=O)c1ccc(C#N)c(CBr)c1.COC(C)=O.Cc1cc(C(=O)O)ccc1Br.Cc1ccc2c(c1)Cc1c-2[nH]c(=O)c2ccccc12.O=c1[nH]c2c(c3ccccc13)Cc1ccccc1-2. The largest absolute Gasteiger partial charge is 0.478 e. The highest BCUT2D eigenvalue weighted by Gasteiger charge is 2.24. The summed E-state index contributed by atoms with van der Waals surface area (Å²) in [5.74, 6) is -2.21. The molecule has 0 atom stereocenters. The molecular formula is C75H66Br3N5O12. The van der Waals surface area contributed by atoms with Gasteiger partial charge in [-0.15, -0.1) is 0 Å². The Hall–Kier alpha value is -10.6. The Labute approximate surface area is 574 Å². The number of pyridine rings is 2. The van der Waals surface area contributed by atoms with Gasteiger partial charge in [0.1, 0.15) is 0 Å². The summed E-state index contributed by atoms with van der Waals surface area (Å²) in [6.45, 7) is 10.5.